The van der Waals surface area contributed by atoms with Crippen LogP contribution >= 0.6 is 0 Å². The van der Waals surface area contributed by atoms with Crippen molar-refractivity contribution >= 4 is 23.3 Å². The Morgan fingerprint density at radius 3 is 2.38 bits per heavy atom. The van der Waals surface area contributed by atoms with Crippen LogP contribution < -0.4 is 15.4 Å². The predicted octanol–water partition coefficient (Wildman–Crippen LogP) is 5.70. The number of para-hydroxylation sites is 1. The quantitative estimate of drug-likeness (QED) is 0.316. The minimum absolute atomic E-state index is 0.138. The summed E-state index contributed by atoms with van der Waals surface area (Å²) < 4.78 is 45.2. The molecular formula is C31H35F3N4O4. The molecule has 0 fully saturated rings. The Morgan fingerprint density at radius 2 is 1.74 bits per heavy atom. The summed E-state index contributed by atoms with van der Waals surface area (Å²) in [7, 11) is 1.85. The molecule has 42 heavy (non-hydrogen) atoms. The molecule has 1 heterocycles. The molecule has 3 amide bonds. The lowest BCUT2D eigenvalue weighted by atomic mass is 9.99. The molecule has 0 spiro atoms. The Morgan fingerprint density at radius 1 is 1.07 bits per heavy atom. The van der Waals surface area contributed by atoms with E-state index in [9.17, 15) is 27.9 Å². The molecule has 3 N–H and O–H groups in total. The monoisotopic (exact) mass is 584 g/mol. The van der Waals surface area contributed by atoms with E-state index in [-0.39, 0.29) is 30.1 Å². The molecule has 11 heteroatoms. The fourth-order valence-corrected chi connectivity index (χ4v) is 4.82. The van der Waals surface area contributed by atoms with Gasteiger partial charge in [-0.1, -0.05) is 37.3 Å². The number of urea groups is 1. The van der Waals surface area contributed by atoms with E-state index in [0.29, 0.717) is 36.8 Å². The van der Waals surface area contributed by atoms with Gasteiger partial charge >= 0.3 is 12.2 Å². The van der Waals surface area contributed by atoms with Crippen LogP contribution in [0, 0.1) is 5.92 Å². The van der Waals surface area contributed by atoms with Gasteiger partial charge < -0.3 is 25.4 Å². The van der Waals surface area contributed by atoms with E-state index in [1.54, 1.807) is 54.3 Å². The van der Waals surface area contributed by atoms with Gasteiger partial charge in [-0.15, -0.1) is 0 Å². The molecule has 8 nitrogen and oxygen atoms in total. The van der Waals surface area contributed by atoms with E-state index in [1.165, 1.54) is 12.1 Å². The van der Waals surface area contributed by atoms with E-state index >= 15 is 0 Å². The van der Waals surface area contributed by atoms with Crippen molar-refractivity contribution in [3.63, 3.8) is 0 Å². The fraction of sp³-hybridized carbons (Fsp3) is 0.355. The zero-order valence-corrected chi connectivity index (χ0v) is 23.7. The van der Waals surface area contributed by atoms with Crippen LogP contribution in [0.1, 0.15) is 35.3 Å². The number of aliphatic hydroxyl groups excluding tert-OH is 1. The average Bonchev–Trinajstić information content (AvgIpc) is 2.95. The normalized spacial score (nSPS) is 18.0. The number of benzene rings is 3. The van der Waals surface area contributed by atoms with Crippen LogP contribution in [0.3, 0.4) is 0 Å². The van der Waals surface area contributed by atoms with Crippen molar-refractivity contribution < 1.29 is 32.6 Å². The first-order valence-corrected chi connectivity index (χ1v) is 13.6. The topological polar surface area (TPSA) is 94.1 Å². The van der Waals surface area contributed by atoms with Gasteiger partial charge in [0, 0.05) is 36.9 Å². The molecular weight excluding hydrogens is 549 g/mol. The van der Waals surface area contributed by atoms with Crippen LogP contribution in [0.15, 0.2) is 72.8 Å². The van der Waals surface area contributed by atoms with E-state index < -0.39 is 23.8 Å². The molecule has 0 radical (unpaired) electrons. The highest BCUT2D eigenvalue weighted by Crippen LogP contribution is 2.32. The third kappa shape index (κ3) is 7.80. The summed E-state index contributed by atoms with van der Waals surface area (Å²) in [6, 6.07) is 17.9. The highest BCUT2D eigenvalue weighted by Gasteiger charge is 2.34. The van der Waals surface area contributed by atoms with Crippen LogP contribution in [-0.2, 0) is 12.7 Å². The number of aliphatic hydroxyl groups is 1. The Hall–Kier alpha value is -4.09. The van der Waals surface area contributed by atoms with Gasteiger partial charge in [-0.3, -0.25) is 9.69 Å². The molecule has 0 aromatic heterocycles. The van der Waals surface area contributed by atoms with Gasteiger partial charge in [0.05, 0.1) is 23.8 Å². The van der Waals surface area contributed by atoms with Gasteiger partial charge in [-0.25, -0.2) is 4.79 Å². The second kappa shape index (κ2) is 13.3. The Balaban J connectivity index is 1.53. The number of rotatable bonds is 8. The molecule has 0 unspecified atom stereocenters. The number of hydrogen-bond acceptors (Lipinski definition) is 5. The maximum absolute atomic E-state index is 13.6. The molecule has 1 aliphatic heterocycles. The first kappa shape index (κ1) is 30.9. The number of nitrogens with one attached hydrogen (secondary N) is 2. The van der Waals surface area contributed by atoms with Crippen LogP contribution in [0.4, 0.5) is 29.3 Å². The number of carbonyl (C=O) groups is 2. The molecule has 3 aromatic rings. The summed E-state index contributed by atoms with van der Waals surface area (Å²) in [5.74, 6) is -0.133. The van der Waals surface area contributed by atoms with Gasteiger partial charge in [-0.05, 0) is 62.0 Å². The summed E-state index contributed by atoms with van der Waals surface area (Å²) >= 11 is 0. The summed E-state index contributed by atoms with van der Waals surface area (Å²) in [6.07, 6.45) is -4.78. The van der Waals surface area contributed by atoms with Crippen molar-refractivity contribution in [1.82, 2.24) is 9.80 Å². The maximum Gasteiger partial charge on any atom is 0.416 e. The van der Waals surface area contributed by atoms with E-state index in [1.807, 2.05) is 24.9 Å². The largest absolute Gasteiger partial charge is 0.488 e. The Bertz CT molecular complexity index is 1370. The van der Waals surface area contributed by atoms with Crippen LogP contribution in [0.25, 0.3) is 0 Å². The number of hydrogen-bond donors (Lipinski definition) is 3. The third-order valence-corrected chi connectivity index (χ3v) is 7.18. The van der Waals surface area contributed by atoms with Gasteiger partial charge in [0.1, 0.15) is 11.9 Å². The van der Waals surface area contributed by atoms with Crippen LogP contribution in [-0.4, -0.2) is 65.7 Å². The molecule has 4 rings (SSSR count). The molecule has 1 aliphatic rings. The van der Waals surface area contributed by atoms with Crippen molar-refractivity contribution in [3.8, 4) is 5.75 Å². The number of likely N-dealkylation sites (N-methyl/N-ethyl adjacent to an activating group) is 1. The summed E-state index contributed by atoms with van der Waals surface area (Å²) in [5, 5.41) is 15.4. The molecule has 0 saturated heterocycles. The lowest BCUT2D eigenvalue weighted by molar-refractivity contribution is -0.137. The lowest BCUT2D eigenvalue weighted by Crippen LogP contribution is -2.49. The lowest BCUT2D eigenvalue weighted by Gasteiger charge is -2.38. The number of anilines is 2. The third-order valence-electron chi connectivity index (χ3n) is 7.18. The number of ether oxygens (including phenoxy) is 1. The van der Waals surface area contributed by atoms with Gasteiger partial charge in [0.25, 0.3) is 5.91 Å². The number of alkyl halides is 3. The molecule has 3 aromatic carbocycles. The molecule has 0 bridgehead atoms. The van der Waals surface area contributed by atoms with Crippen molar-refractivity contribution in [1.29, 1.82) is 0 Å². The number of halogens is 3. The summed E-state index contributed by atoms with van der Waals surface area (Å²) in [6.45, 7) is 4.61. The second-order valence-electron chi connectivity index (χ2n) is 10.7. The zero-order chi connectivity index (χ0) is 30.4. The highest BCUT2D eigenvalue weighted by molar-refractivity contribution is 6.02. The first-order valence-electron chi connectivity index (χ1n) is 13.6. The first-order chi connectivity index (χ1) is 19.9. The Labute approximate surface area is 243 Å². The highest BCUT2D eigenvalue weighted by atomic mass is 19.4. The van der Waals surface area contributed by atoms with E-state index in [4.69, 9.17) is 4.74 Å². The van der Waals surface area contributed by atoms with Crippen molar-refractivity contribution in [2.24, 2.45) is 5.92 Å². The van der Waals surface area contributed by atoms with Crippen LogP contribution in [0.2, 0.25) is 0 Å². The molecule has 0 saturated carbocycles. The SMILES string of the molecule is C[C@@H]1CN([C@H](C)CO)C(=O)c2cc(NC(=O)Nc3ccccc3)ccc2O[C@H]1CN(C)Cc1ccc(C(F)(F)F)cc1. The second-order valence-corrected chi connectivity index (χ2v) is 10.7. The molecule has 224 valence electrons. The molecule has 3 atom stereocenters. The van der Waals surface area contributed by atoms with Gasteiger partial charge in [0.15, 0.2) is 0 Å². The maximum atomic E-state index is 13.6. The van der Waals surface area contributed by atoms with Gasteiger partial charge in [0.2, 0.25) is 0 Å². The van der Waals surface area contributed by atoms with E-state index in [2.05, 4.69) is 10.6 Å². The van der Waals surface area contributed by atoms with Crippen LogP contribution in [0.5, 0.6) is 5.75 Å². The zero-order valence-electron chi connectivity index (χ0n) is 23.7. The standard InChI is InChI=1S/C31H35F3N4O4/c1-20-16-38(21(2)19-39)29(40)26-15-25(36-30(41)35-24-7-5-4-6-8-24)13-14-27(26)42-28(20)18-37(3)17-22-9-11-23(12-10-22)31(32,33)34/h4-15,20-21,28,39H,16-19H2,1-3H3,(H2,35,36,41)/t20-,21-,28+/m1/s1. The van der Waals surface area contributed by atoms with Gasteiger partial charge in [-0.2, -0.15) is 13.2 Å². The van der Waals surface area contributed by atoms with Crippen molar-refractivity contribution in [3.05, 3.63) is 89.5 Å². The summed E-state index contributed by atoms with van der Waals surface area (Å²) in [4.78, 5) is 29.8. The number of nitrogens with zero attached hydrogens (tertiary/aromatic N) is 2. The minimum Gasteiger partial charge on any atom is -0.488 e. The fourth-order valence-electron chi connectivity index (χ4n) is 4.82. The number of amides is 3. The minimum atomic E-state index is -4.39. The number of carbonyl (C=O) groups excluding carboxylic acids is 2. The predicted molar refractivity (Wildman–Crippen MR) is 154 cm³/mol. The average molecular weight is 585 g/mol. The molecule has 0 aliphatic carbocycles. The van der Waals surface area contributed by atoms with Crippen molar-refractivity contribution in [2.45, 2.75) is 38.7 Å². The Kier molecular flexibility index (Phi) is 9.74. The smallest absolute Gasteiger partial charge is 0.416 e. The van der Waals surface area contributed by atoms with Crippen molar-refractivity contribution in [2.75, 3.05) is 37.4 Å². The summed E-state index contributed by atoms with van der Waals surface area (Å²) in [5.41, 5.74) is 1.27. The number of fused-ring (bicyclic) bond motifs is 1. The van der Waals surface area contributed by atoms with E-state index in [0.717, 1.165) is 17.7 Å².